The Kier molecular flexibility index (Phi) is 7.59. The quantitative estimate of drug-likeness (QED) is 0.519. The number of hydrogen-bond donors (Lipinski definition) is 3. The van der Waals surface area contributed by atoms with Gasteiger partial charge in [-0.2, -0.15) is 0 Å². The van der Waals surface area contributed by atoms with Crippen molar-refractivity contribution in [2.75, 3.05) is 32.4 Å². The van der Waals surface area contributed by atoms with Crippen molar-refractivity contribution in [3.8, 4) is 5.69 Å². The number of quaternary nitrogens is 1. The standard InChI is InChI=1S/C19H25FN6O2S/c1-21-17(27)11-22-18(28)13-29-19-24-23-16(12-25-9-3-2-4-10-25)26(19)15-7-5-14(20)6-8-15/h5-8H,2-4,9-13H2,1H3,(H,21,27)(H,22,28)/p+1. The Morgan fingerprint density at radius 3 is 2.55 bits per heavy atom. The van der Waals surface area contributed by atoms with Gasteiger partial charge >= 0.3 is 0 Å². The van der Waals surface area contributed by atoms with Gasteiger partial charge in [0.15, 0.2) is 11.0 Å². The SMILES string of the molecule is CNC(=O)CNC(=O)CSc1nnc(C[NH+]2CCCCC2)n1-c1ccc(F)cc1. The van der Waals surface area contributed by atoms with Crippen molar-refractivity contribution in [3.63, 3.8) is 0 Å². The molecule has 1 aromatic carbocycles. The topological polar surface area (TPSA) is 93.3 Å². The third-order valence-corrected chi connectivity index (χ3v) is 5.74. The van der Waals surface area contributed by atoms with Gasteiger partial charge in [0.2, 0.25) is 11.8 Å². The smallest absolute Gasteiger partial charge is 0.239 e. The zero-order chi connectivity index (χ0) is 20.6. The van der Waals surface area contributed by atoms with Gasteiger partial charge in [-0.05, 0) is 43.5 Å². The zero-order valence-electron chi connectivity index (χ0n) is 16.4. The summed E-state index contributed by atoms with van der Waals surface area (Å²) >= 11 is 1.24. The number of likely N-dealkylation sites (tertiary alicyclic amines) is 1. The van der Waals surface area contributed by atoms with Crippen molar-refractivity contribution in [2.45, 2.75) is 31.0 Å². The number of amides is 2. The van der Waals surface area contributed by atoms with Crippen LogP contribution in [0.2, 0.25) is 0 Å². The molecular weight excluding hydrogens is 395 g/mol. The molecular formula is C19H26FN6O2S+. The van der Waals surface area contributed by atoms with Crippen molar-refractivity contribution < 1.29 is 18.9 Å². The summed E-state index contributed by atoms with van der Waals surface area (Å²) in [6, 6.07) is 6.17. The average Bonchev–Trinajstić information content (AvgIpc) is 3.14. The van der Waals surface area contributed by atoms with E-state index in [-0.39, 0.29) is 29.9 Å². The maximum atomic E-state index is 13.4. The molecule has 0 saturated carbocycles. The number of carbonyl (C=O) groups is 2. The summed E-state index contributed by atoms with van der Waals surface area (Å²) in [5.74, 6) is 0.0575. The van der Waals surface area contributed by atoms with Crippen molar-refractivity contribution in [2.24, 2.45) is 0 Å². The van der Waals surface area contributed by atoms with E-state index < -0.39 is 0 Å². The average molecular weight is 422 g/mol. The Hall–Kier alpha value is -2.46. The molecule has 3 N–H and O–H groups in total. The fourth-order valence-electron chi connectivity index (χ4n) is 3.26. The number of hydrogen-bond acceptors (Lipinski definition) is 5. The molecule has 1 aliphatic rings. The molecule has 0 radical (unpaired) electrons. The normalized spacial score (nSPS) is 14.6. The second-order valence-electron chi connectivity index (χ2n) is 6.94. The number of likely N-dealkylation sites (N-methyl/N-ethyl adjacent to an activating group) is 1. The lowest BCUT2D eigenvalue weighted by Crippen LogP contribution is -3.11. The highest BCUT2D eigenvalue weighted by atomic mass is 32.2. The summed E-state index contributed by atoms with van der Waals surface area (Å²) in [5.41, 5.74) is 0.760. The van der Waals surface area contributed by atoms with E-state index in [2.05, 4.69) is 20.8 Å². The number of rotatable bonds is 8. The second-order valence-corrected chi connectivity index (χ2v) is 7.88. The highest BCUT2D eigenvalue weighted by molar-refractivity contribution is 7.99. The van der Waals surface area contributed by atoms with Gasteiger partial charge in [0.05, 0.1) is 25.4 Å². The maximum absolute atomic E-state index is 13.4. The van der Waals surface area contributed by atoms with Gasteiger partial charge in [0, 0.05) is 12.7 Å². The van der Waals surface area contributed by atoms with Gasteiger partial charge in [-0.25, -0.2) is 4.39 Å². The molecule has 1 saturated heterocycles. The molecule has 1 aromatic heterocycles. The zero-order valence-corrected chi connectivity index (χ0v) is 17.2. The molecule has 1 fully saturated rings. The fourth-order valence-corrected chi connectivity index (χ4v) is 4.06. The Morgan fingerprint density at radius 1 is 1.14 bits per heavy atom. The van der Waals surface area contributed by atoms with Gasteiger partial charge in [0.1, 0.15) is 12.4 Å². The maximum Gasteiger partial charge on any atom is 0.239 e. The van der Waals surface area contributed by atoms with Crippen LogP contribution in [0.25, 0.3) is 5.69 Å². The molecule has 10 heteroatoms. The van der Waals surface area contributed by atoms with Gasteiger partial charge < -0.3 is 15.5 Å². The Balaban J connectivity index is 1.74. The Labute approximate surface area is 173 Å². The summed E-state index contributed by atoms with van der Waals surface area (Å²) in [4.78, 5) is 24.7. The second kappa shape index (κ2) is 10.4. The molecule has 0 bridgehead atoms. The summed E-state index contributed by atoms with van der Waals surface area (Å²) in [7, 11) is 1.51. The molecule has 29 heavy (non-hydrogen) atoms. The van der Waals surface area contributed by atoms with Gasteiger partial charge in [-0.1, -0.05) is 11.8 Å². The largest absolute Gasteiger partial charge is 0.358 e. The van der Waals surface area contributed by atoms with Gasteiger partial charge in [-0.15, -0.1) is 10.2 Å². The van der Waals surface area contributed by atoms with E-state index in [4.69, 9.17) is 0 Å². The van der Waals surface area contributed by atoms with Crippen molar-refractivity contribution in [1.29, 1.82) is 0 Å². The molecule has 0 aliphatic carbocycles. The number of aromatic nitrogens is 3. The number of piperidine rings is 1. The molecule has 8 nitrogen and oxygen atoms in total. The van der Waals surface area contributed by atoms with Crippen molar-refractivity contribution in [1.82, 2.24) is 25.4 Å². The molecule has 2 aromatic rings. The van der Waals surface area contributed by atoms with E-state index in [1.807, 2.05) is 4.57 Å². The molecule has 2 heterocycles. The molecule has 0 atom stereocenters. The molecule has 3 rings (SSSR count). The van der Waals surface area contributed by atoms with Gasteiger partial charge in [-0.3, -0.25) is 14.2 Å². The van der Waals surface area contributed by atoms with E-state index in [1.165, 1.54) is 55.1 Å². The first-order valence-electron chi connectivity index (χ1n) is 9.70. The molecule has 156 valence electrons. The number of halogens is 1. The van der Waals surface area contributed by atoms with Crippen LogP contribution in [0.3, 0.4) is 0 Å². The molecule has 2 amide bonds. The van der Waals surface area contributed by atoms with Crippen LogP contribution >= 0.6 is 11.8 Å². The summed E-state index contributed by atoms with van der Waals surface area (Å²) in [6.07, 6.45) is 3.67. The van der Waals surface area contributed by atoms with Crippen molar-refractivity contribution in [3.05, 3.63) is 35.9 Å². The van der Waals surface area contributed by atoms with Gasteiger partial charge in [0.25, 0.3) is 0 Å². The van der Waals surface area contributed by atoms with Crippen LogP contribution in [-0.4, -0.2) is 59.0 Å². The van der Waals surface area contributed by atoms with E-state index in [1.54, 1.807) is 12.1 Å². The molecule has 1 aliphatic heterocycles. The number of nitrogens with one attached hydrogen (secondary N) is 3. The fraction of sp³-hybridized carbons (Fsp3) is 0.474. The minimum Gasteiger partial charge on any atom is -0.358 e. The Bertz CT molecular complexity index is 836. The molecule has 0 spiro atoms. The van der Waals surface area contributed by atoms with E-state index in [0.717, 1.165) is 31.1 Å². The highest BCUT2D eigenvalue weighted by Crippen LogP contribution is 2.22. The van der Waals surface area contributed by atoms with Crippen LogP contribution in [0.15, 0.2) is 29.4 Å². The lowest BCUT2D eigenvalue weighted by molar-refractivity contribution is -0.919. The van der Waals surface area contributed by atoms with Crippen LogP contribution in [0.4, 0.5) is 4.39 Å². The summed E-state index contributed by atoms with van der Waals surface area (Å²) in [5, 5.41) is 14.2. The lowest BCUT2D eigenvalue weighted by Gasteiger charge is -2.23. The number of nitrogens with zero attached hydrogens (tertiary/aromatic N) is 3. The van der Waals surface area contributed by atoms with Crippen LogP contribution < -0.4 is 15.5 Å². The first kappa shape index (κ1) is 21.3. The lowest BCUT2D eigenvalue weighted by atomic mass is 10.1. The van der Waals surface area contributed by atoms with Crippen LogP contribution in [0.1, 0.15) is 25.1 Å². The van der Waals surface area contributed by atoms with Crippen LogP contribution in [0, 0.1) is 5.82 Å². The predicted octanol–water partition coefficient (Wildman–Crippen LogP) is -0.0705. The minimum absolute atomic E-state index is 0.0654. The minimum atomic E-state index is -0.312. The molecule has 0 unspecified atom stereocenters. The van der Waals surface area contributed by atoms with Crippen LogP contribution in [0.5, 0.6) is 0 Å². The monoisotopic (exact) mass is 421 g/mol. The Morgan fingerprint density at radius 2 is 1.86 bits per heavy atom. The number of thioether (sulfide) groups is 1. The van der Waals surface area contributed by atoms with Crippen molar-refractivity contribution >= 4 is 23.6 Å². The third-order valence-electron chi connectivity index (χ3n) is 4.81. The first-order valence-corrected chi connectivity index (χ1v) is 10.7. The van der Waals surface area contributed by atoms with E-state index in [9.17, 15) is 14.0 Å². The first-order chi connectivity index (χ1) is 14.1. The van der Waals surface area contributed by atoms with E-state index >= 15 is 0 Å². The number of benzene rings is 1. The predicted molar refractivity (Wildman–Crippen MR) is 107 cm³/mol. The highest BCUT2D eigenvalue weighted by Gasteiger charge is 2.21. The summed E-state index contributed by atoms with van der Waals surface area (Å²) in [6.45, 7) is 2.86. The third kappa shape index (κ3) is 6.01. The summed E-state index contributed by atoms with van der Waals surface area (Å²) < 4.78 is 15.3. The number of carbonyl (C=O) groups excluding carboxylic acids is 2. The van der Waals surface area contributed by atoms with Crippen LogP contribution in [-0.2, 0) is 16.1 Å². The van der Waals surface area contributed by atoms with E-state index in [0.29, 0.717) is 5.16 Å².